The zero-order chi connectivity index (χ0) is 13.4. The number of fused-ring (bicyclic) bond motifs is 1. The molecule has 19 heavy (non-hydrogen) atoms. The standard InChI is InChI=1S/C14H21N3O2/c1-9-5-12-13(19-8-18-12)6-10(9)14(15)11-7-16-3-4-17(11)2/h5-6,11,14,16H,3-4,7-8,15H2,1-2H3. The predicted molar refractivity (Wildman–Crippen MR) is 73.5 cm³/mol. The van der Waals surface area contributed by atoms with E-state index in [-0.39, 0.29) is 6.04 Å². The van der Waals surface area contributed by atoms with Crippen LogP contribution < -0.4 is 20.5 Å². The van der Waals surface area contributed by atoms with E-state index in [9.17, 15) is 0 Å². The van der Waals surface area contributed by atoms with Crippen LogP contribution in [0.2, 0.25) is 0 Å². The smallest absolute Gasteiger partial charge is 0.231 e. The van der Waals surface area contributed by atoms with Gasteiger partial charge in [0, 0.05) is 31.7 Å². The Hall–Kier alpha value is -1.30. The highest BCUT2D eigenvalue weighted by atomic mass is 16.7. The zero-order valence-corrected chi connectivity index (χ0v) is 11.5. The molecule has 0 bridgehead atoms. The van der Waals surface area contributed by atoms with Crippen LogP contribution in [-0.2, 0) is 0 Å². The number of nitrogens with two attached hydrogens (primary N) is 1. The molecular weight excluding hydrogens is 242 g/mol. The molecule has 0 amide bonds. The highest BCUT2D eigenvalue weighted by Gasteiger charge is 2.28. The number of hydrogen-bond acceptors (Lipinski definition) is 5. The minimum absolute atomic E-state index is 0.0210. The summed E-state index contributed by atoms with van der Waals surface area (Å²) in [4.78, 5) is 2.32. The third-order valence-corrected chi connectivity index (χ3v) is 4.10. The molecule has 0 radical (unpaired) electrons. The average Bonchev–Trinajstić information content (AvgIpc) is 2.84. The molecule has 5 nitrogen and oxygen atoms in total. The molecule has 1 fully saturated rings. The lowest BCUT2D eigenvalue weighted by atomic mass is 9.93. The molecule has 0 aliphatic carbocycles. The van der Waals surface area contributed by atoms with Gasteiger partial charge in [0.25, 0.3) is 0 Å². The summed E-state index contributed by atoms with van der Waals surface area (Å²) in [7, 11) is 2.13. The van der Waals surface area contributed by atoms with E-state index < -0.39 is 0 Å². The van der Waals surface area contributed by atoms with Crippen molar-refractivity contribution in [3.8, 4) is 11.5 Å². The molecular formula is C14H21N3O2. The van der Waals surface area contributed by atoms with Crippen LogP contribution >= 0.6 is 0 Å². The van der Waals surface area contributed by atoms with Crippen molar-refractivity contribution in [2.45, 2.75) is 19.0 Å². The van der Waals surface area contributed by atoms with Gasteiger partial charge < -0.3 is 20.5 Å². The average molecular weight is 263 g/mol. The highest BCUT2D eigenvalue weighted by molar-refractivity contribution is 5.49. The number of likely N-dealkylation sites (N-methyl/N-ethyl adjacent to an activating group) is 1. The first-order valence-corrected chi connectivity index (χ1v) is 6.73. The molecule has 104 valence electrons. The Morgan fingerprint density at radius 2 is 2.11 bits per heavy atom. The number of ether oxygens (including phenoxy) is 2. The van der Waals surface area contributed by atoms with E-state index >= 15 is 0 Å². The van der Waals surface area contributed by atoms with Crippen LogP contribution in [0.25, 0.3) is 0 Å². The molecule has 0 spiro atoms. The van der Waals surface area contributed by atoms with Crippen molar-refractivity contribution in [3.63, 3.8) is 0 Å². The van der Waals surface area contributed by atoms with E-state index in [2.05, 4.69) is 24.2 Å². The Bertz CT molecular complexity index is 478. The van der Waals surface area contributed by atoms with E-state index in [1.165, 1.54) is 0 Å². The van der Waals surface area contributed by atoms with Gasteiger partial charge in [0.05, 0.1) is 0 Å². The summed E-state index contributed by atoms with van der Waals surface area (Å²) in [6.45, 7) is 5.36. The van der Waals surface area contributed by atoms with Gasteiger partial charge in [-0.3, -0.25) is 4.90 Å². The Morgan fingerprint density at radius 1 is 1.37 bits per heavy atom. The van der Waals surface area contributed by atoms with Gasteiger partial charge in [0.1, 0.15) is 0 Å². The fraction of sp³-hybridized carbons (Fsp3) is 0.571. The van der Waals surface area contributed by atoms with Crippen LogP contribution in [0.3, 0.4) is 0 Å². The molecule has 2 heterocycles. The second-order valence-electron chi connectivity index (χ2n) is 5.34. The minimum Gasteiger partial charge on any atom is -0.454 e. The van der Waals surface area contributed by atoms with E-state index in [4.69, 9.17) is 15.2 Å². The normalized spacial score (nSPS) is 24.5. The Morgan fingerprint density at radius 3 is 2.84 bits per heavy atom. The van der Waals surface area contributed by atoms with Crippen molar-refractivity contribution in [1.29, 1.82) is 0 Å². The second kappa shape index (κ2) is 5.00. The molecule has 1 aromatic rings. The van der Waals surface area contributed by atoms with Gasteiger partial charge in [0.15, 0.2) is 11.5 Å². The molecule has 2 aliphatic rings. The minimum atomic E-state index is -0.0210. The van der Waals surface area contributed by atoms with Crippen molar-refractivity contribution >= 4 is 0 Å². The van der Waals surface area contributed by atoms with Crippen molar-refractivity contribution in [3.05, 3.63) is 23.3 Å². The Labute approximate surface area is 113 Å². The molecule has 1 saturated heterocycles. The van der Waals surface area contributed by atoms with Crippen molar-refractivity contribution in [2.75, 3.05) is 33.5 Å². The maximum absolute atomic E-state index is 6.48. The van der Waals surface area contributed by atoms with Gasteiger partial charge in [-0.05, 0) is 37.2 Å². The lowest BCUT2D eigenvalue weighted by molar-refractivity contribution is 0.171. The van der Waals surface area contributed by atoms with Gasteiger partial charge in [0.2, 0.25) is 6.79 Å². The molecule has 0 aromatic heterocycles. The van der Waals surface area contributed by atoms with Crippen molar-refractivity contribution in [2.24, 2.45) is 5.73 Å². The lowest BCUT2D eigenvalue weighted by Crippen LogP contribution is -2.53. The van der Waals surface area contributed by atoms with E-state index in [1.54, 1.807) is 0 Å². The number of piperazine rings is 1. The number of nitrogens with zero attached hydrogens (tertiary/aromatic N) is 1. The second-order valence-corrected chi connectivity index (χ2v) is 5.34. The van der Waals surface area contributed by atoms with Gasteiger partial charge in [-0.2, -0.15) is 0 Å². The topological polar surface area (TPSA) is 59.8 Å². The van der Waals surface area contributed by atoms with Crippen LogP contribution in [0.1, 0.15) is 17.2 Å². The summed E-state index contributed by atoms with van der Waals surface area (Å²) in [6.07, 6.45) is 0. The zero-order valence-electron chi connectivity index (χ0n) is 11.5. The van der Waals surface area contributed by atoms with Crippen LogP contribution in [0.4, 0.5) is 0 Å². The maximum atomic E-state index is 6.48. The summed E-state index contributed by atoms with van der Waals surface area (Å²) >= 11 is 0. The summed E-state index contributed by atoms with van der Waals surface area (Å²) in [6, 6.07) is 4.35. The monoisotopic (exact) mass is 263 g/mol. The first kappa shape index (κ1) is 12.7. The molecule has 2 aliphatic heterocycles. The highest BCUT2D eigenvalue weighted by Crippen LogP contribution is 2.37. The van der Waals surface area contributed by atoms with E-state index in [0.29, 0.717) is 12.8 Å². The summed E-state index contributed by atoms with van der Waals surface area (Å²) < 4.78 is 10.8. The predicted octanol–water partition coefficient (Wildman–Crippen LogP) is 0.627. The van der Waals surface area contributed by atoms with Gasteiger partial charge in [-0.25, -0.2) is 0 Å². The van der Waals surface area contributed by atoms with Gasteiger partial charge in [-0.15, -0.1) is 0 Å². The first-order valence-electron chi connectivity index (χ1n) is 6.73. The number of benzene rings is 1. The molecule has 3 rings (SSSR count). The van der Waals surface area contributed by atoms with Crippen LogP contribution in [0.15, 0.2) is 12.1 Å². The molecule has 1 aromatic carbocycles. The third kappa shape index (κ3) is 2.29. The van der Waals surface area contributed by atoms with Crippen molar-refractivity contribution in [1.82, 2.24) is 10.2 Å². The Balaban J connectivity index is 1.88. The van der Waals surface area contributed by atoms with Gasteiger partial charge in [-0.1, -0.05) is 0 Å². The molecule has 2 unspecified atom stereocenters. The van der Waals surface area contributed by atoms with Gasteiger partial charge >= 0.3 is 0 Å². The number of hydrogen-bond donors (Lipinski definition) is 2. The number of rotatable bonds is 2. The van der Waals surface area contributed by atoms with Crippen molar-refractivity contribution < 1.29 is 9.47 Å². The Kier molecular flexibility index (Phi) is 3.35. The van der Waals surface area contributed by atoms with E-state index in [1.807, 2.05) is 12.1 Å². The largest absolute Gasteiger partial charge is 0.454 e. The van der Waals surface area contributed by atoms with Crippen LogP contribution in [0, 0.1) is 6.92 Å². The van der Waals surface area contributed by atoms with E-state index in [0.717, 1.165) is 42.3 Å². The molecule has 5 heteroatoms. The summed E-state index contributed by atoms with van der Waals surface area (Å²) in [5.41, 5.74) is 8.78. The molecule has 3 N–H and O–H groups in total. The first-order chi connectivity index (χ1) is 9.16. The molecule has 2 atom stereocenters. The number of aryl methyl sites for hydroxylation is 1. The summed E-state index contributed by atoms with van der Waals surface area (Å²) in [5.74, 6) is 1.63. The van der Waals surface area contributed by atoms with Crippen LogP contribution in [-0.4, -0.2) is 44.4 Å². The maximum Gasteiger partial charge on any atom is 0.231 e. The van der Waals surface area contributed by atoms with Crippen LogP contribution in [0.5, 0.6) is 11.5 Å². The number of nitrogens with one attached hydrogen (secondary N) is 1. The molecule has 0 saturated carbocycles. The lowest BCUT2D eigenvalue weighted by Gasteiger charge is -2.37. The SMILES string of the molecule is Cc1cc2c(cc1C(N)C1CNCCN1C)OCO2. The quantitative estimate of drug-likeness (QED) is 0.819. The fourth-order valence-corrected chi connectivity index (χ4v) is 2.85. The third-order valence-electron chi connectivity index (χ3n) is 4.10. The summed E-state index contributed by atoms with van der Waals surface area (Å²) in [5, 5.41) is 3.41. The fourth-order valence-electron chi connectivity index (χ4n) is 2.85.